The highest BCUT2D eigenvalue weighted by Gasteiger charge is 2.16. The summed E-state index contributed by atoms with van der Waals surface area (Å²) in [5, 5.41) is 1.62. The van der Waals surface area contributed by atoms with Gasteiger partial charge in [0.2, 0.25) is 0 Å². The molecule has 1 aromatic rings. The molecule has 4 nitrogen and oxygen atoms in total. The Hall–Kier alpha value is -2.50. The molecule has 0 aliphatic carbocycles. The van der Waals surface area contributed by atoms with E-state index in [1.54, 1.807) is 31.2 Å². The average Bonchev–Trinajstić information content (AvgIpc) is 3.22. The van der Waals surface area contributed by atoms with Crippen molar-refractivity contribution in [2.45, 2.75) is 41.0 Å². The van der Waals surface area contributed by atoms with Gasteiger partial charge in [0.05, 0.1) is 31.6 Å². The monoisotopic (exact) mass is 563 g/mol. The first-order valence-corrected chi connectivity index (χ1v) is 13.0. The summed E-state index contributed by atoms with van der Waals surface area (Å²) in [5.41, 5.74) is 4.49. The first kappa shape index (κ1) is 32.5. The molecule has 37 heavy (non-hydrogen) atoms. The number of nitrogens with zero attached hydrogens (tertiary/aromatic N) is 1. The van der Waals surface area contributed by atoms with Crippen molar-refractivity contribution in [1.82, 2.24) is 4.57 Å². The molecule has 1 aromatic heterocycles. The van der Waals surface area contributed by atoms with Gasteiger partial charge in [0.15, 0.2) is 0 Å². The minimum Gasteiger partial charge on any atom is -0.465 e. The van der Waals surface area contributed by atoms with Crippen molar-refractivity contribution in [2.75, 3.05) is 20.3 Å². The molecule has 0 fully saturated rings. The lowest BCUT2D eigenvalue weighted by Gasteiger charge is -2.17. The number of carbonyl (C=O) groups is 1. The van der Waals surface area contributed by atoms with Gasteiger partial charge in [0, 0.05) is 32.1 Å². The van der Waals surface area contributed by atoms with E-state index in [0.717, 1.165) is 29.1 Å². The Balaban J connectivity index is 3.44. The Kier molecular flexibility index (Phi) is 15.0. The number of aromatic nitrogens is 1. The van der Waals surface area contributed by atoms with Crippen molar-refractivity contribution in [3.63, 3.8) is 0 Å². The van der Waals surface area contributed by atoms with Crippen molar-refractivity contribution in [3.05, 3.63) is 105 Å². The molecule has 0 saturated carbocycles. The standard InChI is InChI=1S/C30H36Cl3NO3/c1-8-11-24(31)17-23(20-37-16-15-26(33)18-25(32)12-9-2)29-14-13-22(6)34(29)27(10-3)19-28(21(4)5)30(35)36-7/h9-15,17-19H,4,8,16,20H2,1-3,5-7H3/b12-9-,23-17+,24-11+,25-18+,26-15-,27-10+,28-19+. The highest BCUT2D eigenvalue weighted by Crippen LogP contribution is 2.27. The van der Waals surface area contributed by atoms with Crippen LogP contribution in [0.25, 0.3) is 11.3 Å². The molecule has 0 saturated heterocycles. The van der Waals surface area contributed by atoms with E-state index in [4.69, 9.17) is 44.3 Å². The number of halogens is 3. The van der Waals surface area contributed by atoms with Crippen LogP contribution in [0.1, 0.15) is 45.5 Å². The van der Waals surface area contributed by atoms with Crippen molar-refractivity contribution >= 4 is 52.0 Å². The maximum Gasteiger partial charge on any atom is 0.338 e. The van der Waals surface area contributed by atoms with E-state index in [1.165, 1.54) is 7.11 Å². The molecule has 0 spiro atoms. The summed E-state index contributed by atoms with van der Waals surface area (Å²) in [5.74, 6) is -0.446. The lowest BCUT2D eigenvalue weighted by Crippen LogP contribution is -2.10. The fourth-order valence-corrected chi connectivity index (χ4v) is 4.10. The van der Waals surface area contributed by atoms with Gasteiger partial charge in [-0.05, 0) is 82.2 Å². The SMILES string of the molecule is C=C(C)/C(=C\C(=C/C)n1c(C)ccc1/C(=C/C(Cl)=C\CC)COC/C=C(Cl)/C=C(Cl)\C=C/C)C(=O)OC. The van der Waals surface area contributed by atoms with E-state index in [-0.39, 0.29) is 13.2 Å². The summed E-state index contributed by atoms with van der Waals surface area (Å²) >= 11 is 18.8. The number of rotatable bonds is 13. The van der Waals surface area contributed by atoms with Crippen LogP contribution in [0, 0.1) is 6.92 Å². The van der Waals surface area contributed by atoms with Crippen LogP contribution in [-0.4, -0.2) is 30.9 Å². The number of esters is 1. The third kappa shape index (κ3) is 10.8. The Bertz CT molecular complexity index is 1170. The zero-order chi connectivity index (χ0) is 28.0. The second-order valence-electron chi connectivity index (χ2n) is 8.04. The number of methoxy groups -OCH3 is 1. The van der Waals surface area contributed by atoms with Gasteiger partial charge in [-0.25, -0.2) is 4.79 Å². The van der Waals surface area contributed by atoms with E-state index >= 15 is 0 Å². The predicted octanol–water partition coefficient (Wildman–Crippen LogP) is 9.09. The molecule has 0 amide bonds. The smallest absolute Gasteiger partial charge is 0.338 e. The lowest BCUT2D eigenvalue weighted by molar-refractivity contribution is -0.135. The van der Waals surface area contributed by atoms with Crippen molar-refractivity contribution in [1.29, 1.82) is 0 Å². The van der Waals surface area contributed by atoms with Gasteiger partial charge in [-0.3, -0.25) is 0 Å². The van der Waals surface area contributed by atoms with Gasteiger partial charge in [0.1, 0.15) is 0 Å². The topological polar surface area (TPSA) is 40.5 Å². The zero-order valence-electron chi connectivity index (χ0n) is 22.4. The molecule has 0 unspecified atom stereocenters. The minimum absolute atomic E-state index is 0.273. The third-order valence-corrected chi connectivity index (χ3v) is 5.84. The van der Waals surface area contributed by atoms with E-state index in [0.29, 0.717) is 26.2 Å². The van der Waals surface area contributed by atoms with Crippen molar-refractivity contribution in [3.8, 4) is 0 Å². The maximum absolute atomic E-state index is 12.4. The van der Waals surface area contributed by atoms with Crippen LogP contribution < -0.4 is 0 Å². The lowest BCUT2D eigenvalue weighted by atomic mass is 10.1. The molecule has 1 rings (SSSR count). The Morgan fingerprint density at radius 2 is 1.73 bits per heavy atom. The van der Waals surface area contributed by atoms with Crippen molar-refractivity contribution < 1.29 is 14.3 Å². The van der Waals surface area contributed by atoms with Gasteiger partial charge in [-0.2, -0.15) is 0 Å². The van der Waals surface area contributed by atoms with E-state index in [2.05, 4.69) is 6.58 Å². The number of carbonyl (C=O) groups excluding carboxylic acids is 1. The van der Waals surface area contributed by atoms with Crippen LogP contribution in [0.4, 0.5) is 0 Å². The molecule has 0 aliphatic rings. The highest BCUT2D eigenvalue weighted by molar-refractivity contribution is 6.35. The maximum atomic E-state index is 12.4. The molecule has 0 N–H and O–H groups in total. The summed E-state index contributed by atoms with van der Waals surface area (Å²) in [7, 11) is 1.35. The number of allylic oxidation sites excluding steroid dienone is 11. The second kappa shape index (κ2) is 17.1. The average molecular weight is 565 g/mol. The van der Waals surface area contributed by atoms with Gasteiger partial charge >= 0.3 is 5.97 Å². The molecule has 0 bridgehead atoms. The van der Waals surface area contributed by atoms with Crippen molar-refractivity contribution in [2.24, 2.45) is 0 Å². The molecule has 200 valence electrons. The summed E-state index contributed by atoms with van der Waals surface area (Å²) in [6.07, 6.45) is 15.3. The first-order chi connectivity index (χ1) is 17.6. The van der Waals surface area contributed by atoms with E-state index in [1.807, 2.05) is 68.7 Å². The number of aryl methyl sites for hydroxylation is 1. The van der Waals surface area contributed by atoms with Gasteiger partial charge in [0.25, 0.3) is 0 Å². The summed E-state index contributed by atoms with van der Waals surface area (Å²) < 4.78 is 12.9. The highest BCUT2D eigenvalue weighted by atomic mass is 35.5. The number of ether oxygens (including phenoxy) is 2. The van der Waals surface area contributed by atoms with Gasteiger partial charge < -0.3 is 14.0 Å². The summed E-state index contributed by atoms with van der Waals surface area (Å²) in [6, 6.07) is 4.00. The zero-order valence-corrected chi connectivity index (χ0v) is 24.7. The normalized spacial score (nSPS) is 14.5. The Morgan fingerprint density at radius 3 is 2.30 bits per heavy atom. The molecule has 0 aromatic carbocycles. The van der Waals surface area contributed by atoms with Crippen LogP contribution in [0.2, 0.25) is 0 Å². The molecular formula is C30H36Cl3NO3. The molecule has 0 radical (unpaired) electrons. The van der Waals surface area contributed by atoms with E-state index < -0.39 is 5.97 Å². The van der Waals surface area contributed by atoms with Crippen LogP contribution in [-0.2, 0) is 14.3 Å². The molecule has 0 aliphatic heterocycles. The second-order valence-corrected chi connectivity index (χ2v) is 9.35. The minimum atomic E-state index is -0.446. The van der Waals surface area contributed by atoms with Gasteiger partial charge in [-0.1, -0.05) is 66.5 Å². The Labute approximate surface area is 236 Å². The summed E-state index contributed by atoms with van der Waals surface area (Å²) in [6.45, 7) is 14.1. The summed E-state index contributed by atoms with van der Waals surface area (Å²) in [4.78, 5) is 12.4. The molecule has 1 heterocycles. The third-order valence-electron chi connectivity index (χ3n) is 5.08. The fraction of sp³-hybridized carbons (Fsp3) is 0.300. The molecule has 7 heteroatoms. The quantitative estimate of drug-likeness (QED) is 0.104. The molecule has 0 atom stereocenters. The van der Waals surface area contributed by atoms with Crippen LogP contribution in [0.15, 0.2) is 93.6 Å². The van der Waals surface area contributed by atoms with E-state index in [9.17, 15) is 4.79 Å². The first-order valence-electron chi connectivity index (χ1n) is 11.9. The van der Waals surface area contributed by atoms with Gasteiger partial charge in [-0.15, -0.1) is 0 Å². The van der Waals surface area contributed by atoms with Crippen LogP contribution >= 0.6 is 34.8 Å². The van der Waals surface area contributed by atoms with Crippen LogP contribution in [0.5, 0.6) is 0 Å². The number of hydrogen-bond acceptors (Lipinski definition) is 3. The predicted molar refractivity (Wildman–Crippen MR) is 160 cm³/mol. The number of hydrogen-bond donors (Lipinski definition) is 0. The molecular weight excluding hydrogens is 529 g/mol. The largest absolute Gasteiger partial charge is 0.465 e. The fourth-order valence-electron chi connectivity index (χ4n) is 3.34. The van der Waals surface area contributed by atoms with Crippen LogP contribution in [0.3, 0.4) is 0 Å². The Morgan fingerprint density at radius 1 is 1.05 bits per heavy atom.